The summed E-state index contributed by atoms with van der Waals surface area (Å²) in [6.45, 7) is 0.872. The smallest absolute Gasteiger partial charge is 0.0638 e. The van der Waals surface area contributed by atoms with Crippen LogP contribution in [0.5, 0.6) is 0 Å². The molecule has 0 spiro atoms. The van der Waals surface area contributed by atoms with Crippen molar-refractivity contribution in [3.8, 4) is 0 Å². The molecule has 0 saturated carbocycles. The second-order valence-electron chi connectivity index (χ2n) is 1.15. The second-order valence-corrected chi connectivity index (χ2v) is 1.15. The molecule has 2 heteroatoms. The van der Waals surface area contributed by atoms with Gasteiger partial charge in [-0.25, -0.2) is 0 Å². The van der Waals surface area contributed by atoms with E-state index in [-0.39, 0.29) is 0 Å². The summed E-state index contributed by atoms with van der Waals surface area (Å²) in [4.78, 5) is 0. The first kappa shape index (κ1) is 3.53. The summed E-state index contributed by atoms with van der Waals surface area (Å²) in [5, 5.41) is 7.34. The molecule has 32 valence electrons. The fraction of sp³-hybridized carbons (Fsp3) is 0.500. The summed E-state index contributed by atoms with van der Waals surface area (Å²) in [5.74, 6) is 0. The number of hydrogen-bond acceptors (Lipinski definition) is 2. The Kier molecular flexibility index (Phi) is 0.998. The summed E-state index contributed by atoms with van der Waals surface area (Å²) in [6, 6.07) is 0. The average molecular weight is 82.1 g/mol. The lowest BCUT2D eigenvalue weighted by molar-refractivity contribution is 0.890. The summed E-state index contributed by atoms with van der Waals surface area (Å²) in [6.07, 6.45) is 4.79. The zero-order valence-corrected chi connectivity index (χ0v) is 3.46. The van der Waals surface area contributed by atoms with Crippen molar-refractivity contribution in [2.45, 2.75) is 6.42 Å². The van der Waals surface area contributed by atoms with Crippen LogP contribution in [0.1, 0.15) is 6.42 Å². The third-order valence-electron chi connectivity index (χ3n) is 0.649. The van der Waals surface area contributed by atoms with E-state index in [0.717, 1.165) is 13.0 Å². The maximum Gasteiger partial charge on any atom is 0.0638 e. The number of azo groups is 1. The molecule has 0 bridgehead atoms. The molecule has 1 heterocycles. The summed E-state index contributed by atoms with van der Waals surface area (Å²) < 4.78 is 0. The highest BCUT2D eigenvalue weighted by Gasteiger charge is 1.79. The van der Waals surface area contributed by atoms with Gasteiger partial charge in [0.2, 0.25) is 0 Å². The second kappa shape index (κ2) is 1.70. The van der Waals surface area contributed by atoms with Gasteiger partial charge in [-0.2, -0.15) is 10.2 Å². The molecule has 6 heavy (non-hydrogen) atoms. The summed E-state index contributed by atoms with van der Waals surface area (Å²) in [5.41, 5.74) is 0. The van der Waals surface area contributed by atoms with Crippen LogP contribution in [0.4, 0.5) is 0 Å². The molecule has 0 radical (unpaired) electrons. The maximum absolute atomic E-state index is 3.72. The highest BCUT2D eigenvalue weighted by molar-refractivity contribution is 4.81. The zero-order chi connectivity index (χ0) is 4.24. The van der Waals surface area contributed by atoms with E-state index in [0.29, 0.717) is 0 Å². The van der Waals surface area contributed by atoms with Crippen LogP contribution in [0.2, 0.25) is 0 Å². The van der Waals surface area contributed by atoms with Gasteiger partial charge in [-0.1, -0.05) is 6.08 Å². The minimum Gasteiger partial charge on any atom is -0.189 e. The van der Waals surface area contributed by atoms with Gasteiger partial charge in [0.25, 0.3) is 0 Å². The van der Waals surface area contributed by atoms with E-state index in [1.807, 2.05) is 6.08 Å². The van der Waals surface area contributed by atoms with Gasteiger partial charge in [-0.3, -0.25) is 0 Å². The van der Waals surface area contributed by atoms with Gasteiger partial charge in [0.05, 0.1) is 6.54 Å². The first-order chi connectivity index (χ1) is 3.00. The molecule has 0 fully saturated rings. The van der Waals surface area contributed by atoms with Crippen LogP contribution in [0.15, 0.2) is 22.5 Å². The van der Waals surface area contributed by atoms with Crippen LogP contribution in [0, 0.1) is 0 Å². The largest absolute Gasteiger partial charge is 0.189 e. The van der Waals surface area contributed by atoms with Crippen molar-refractivity contribution in [2.75, 3.05) is 6.54 Å². The highest BCUT2D eigenvalue weighted by atomic mass is 15.1. The molecule has 0 amide bonds. The molecule has 1 aliphatic heterocycles. The minimum atomic E-state index is 0.872. The van der Waals surface area contributed by atoms with Gasteiger partial charge in [-0.05, 0) is 6.42 Å². The van der Waals surface area contributed by atoms with Crippen LogP contribution in [-0.4, -0.2) is 6.54 Å². The number of rotatable bonds is 0. The van der Waals surface area contributed by atoms with Crippen LogP contribution < -0.4 is 0 Å². The lowest BCUT2D eigenvalue weighted by Gasteiger charge is -1.87. The lowest BCUT2D eigenvalue weighted by Crippen LogP contribution is -1.76. The SMILES string of the molecule is C1=CN=NCC1. The van der Waals surface area contributed by atoms with Crippen LogP contribution in [0.25, 0.3) is 0 Å². The third-order valence-corrected chi connectivity index (χ3v) is 0.649. The Morgan fingerprint density at radius 2 is 2.50 bits per heavy atom. The van der Waals surface area contributed by atoms with Gasteiger partial charge < -0.3 is 0 Å². The fourth-order valence-corrected chi connectivity index (χ4v) is 0.359. The highest BCUT2D eigenvalue weighted by Crippen LogP contribution is 1.92. The molecule has 0 saturated heterocycles. The lowest BCUT2D eigenvalue weighted by atomic mass is 10.4. The van der Waals surface area contributed by atoms with Crippen molar-refractivity contribution in [1.29, 1.82) is 0 Å². The van der Waals surface area contributed by atoms with E-state index >= 15 is 0 Å². The predicted molar refractivity (Wildman–Crippen MR) is 23.5 cm³/mol. The average Bonchev–Trinajstić information content (AvgIpc) is 1.72. The topological polar surface area (TPSA) is 24.7 Å². The van der Waals surface area contributed by atoms with Crippen molar-refractivity contribution < 1.29 is 0 Å². The molecule has 0 aliphatic carbocycles. The molecule has 0 aromatic rings. The van der Waals surface area contributed by atoms with E-state index in [4.69, 9.17) is 0 Å². The van der Waals surface area contributed by atoms with Crippen molar-refractivity contribution in [3.63, 3.8) is 0 Å². The Morgan fingerprint density at radius 1 is 1.50 bits per heavy atom. The van der Waals surface area contributed by atoms with Crippen LogP contribution >= 0.6 is 0 Å². The van der Waals surface area contributed by atoms with E-state index in [2.05, 4.69) is 10.2 Å². The monoisotopic (exact) mass is 82.1 g/mol. The van der Waals surface area contributed by atoms with E-state index < -0.39 is 0 Å². The molecule has 0 atom stereocenters. The Hall–Kier alpha value is -0.660. The Labute approximate surface area is 36.6 Å². The summed E-state index contributed by atoms with van der Waals surface area (Å²) in [7, 11) is 0. The minimum absolute atomic E-state index is 0.872. The number of hydrogen-bond donors (Lipinski definition) is 0. The standard InChI is InChI=1S/C4H6N2/c1-2-4-6-5-3-1/h1,3H,2,4H2. The third kappa shape index (κ3) is 0.641. The molecule has 0 N–H and O–H groups in total. The Morgan fingerprint density at radius 3 is 2.67 bits per heavy atom. The normalized spacial score (nSPS) is 18.7. The predicted octanol–water partition coefficient (Wildman–Crippen LogP) is 1.36. The van der Waals surface area contributed by atoms with Gasteiger partial charge >= 0.3 is 0 Å². The quantitative estimate of drug-likeness (QED) is 0.421. The van der Waals surface area contributed by atoms with Crippen LogP contribution in [-0.2, 0) is 0 Å². The maximum atomic E-state index is 3.72. The Balaban J connectivity index is 2.46. The fourth-order valence-electron chi connectivity index (χ4n) is 0.359. The van der Waals surface area contributed by atoms with E-state index in [1.54, 1.807) is 6.20 Å². The molecular formula is C4H6N2. The molecule has 2 nitrogen and oxygen atoms in total. The van der Waals surface area contributed by atoms with Gasteiger partial charge in [-0.15, -0.1) is 0 Å². The first-order valence-electron chi connectivity index (χ1n) is 2.02. The van der Waals surface area contributed by atoms with Crippen molar-refractivity contribution in [1.82, 2.24) is 0 Å². The van der Waals surface area contributed by atoms with E-state index in [9.17, 15) is 0 Å². The molecule has 1 aliphatic rings. The van der Waals surface area contributed by atoms with Crippen LogP contribution in [0.3, 0.4) is 0 Å². The molecule has 0 aromatic carbocycles. The Bertz CT molecular complexity index is 71.5. The number of nitrogens with zero attached hydrogens (tertiary/aromatic N) is 2. The van der Waals surface area contributed by atoms with Crippen molar-refractivity contribution in [3.05, 3.63) is 12.3 Å². The van der Waals surface area contributed by atoms with Gasteiger partial charge in [0, 0.05) is 6.20 Å². The van der Waals surface area contributed by atoms with Gasteiger partial charge in [0.1, 0.15) is 0 Å². The first-order valence-corrected chi connectivity index (χ1v) is 2.02. The van der Waals surface area contributed by atoms with Crippen molar-refractivity contribution in [2.24, 2.45) is 10.2 Å². The zero-order valence-electron chi connectivity index (χ0n) is 3.46. The molecule has 1 rings (SSSR count). The molecular weight excluding hydrogens is 76.1 g/mol. The van der Waals surface area contributed by atoms with Gasteiger partial charge in [0.15, 0.2) is 0 Å². The molecule has 0 aromatic heterocycles. The van der Waals surface area contributed by atoms with Crippen molar-refractivity contribution >= 4 is 0 Å². The molecule has 0 unspecified atom stereocenters. The van der Waals surface area contributed by atoms with E-state index in [1.165, 1.54) is 0 Å². The summed E-state index contributed by atoms with van der Waals surface area (Å²) >= 11 is 0.